The number of nitrogens with zero attached hydrogens (tertiary/aromatic N) is 6. The Morgan fingerprint density at radius 3 is 1.06 bits per heavy atom. The Morgan fingerprint density at radius 1 is 0.438 bits per heavy atom. The van der Waals surface area contributed by atoms with Gasteiger partial charge in [0.2, 0.25) is 23.8 Å². The molecular weight excluding hydrogens is 604 g/mol. The fourth-order valence-electron chi connectivity index (χ4n) is 4.95. The first-order valence-corrected chi connectivity index (χ1v) is 14.9. The smallest absolute Gasteiger partial charge is 0.225 e. The lowest BCUT2D eigenvalue weighted by molar-refractivity contribution is 0.0985. The second-order valence-electron chi connectivity index (χ2n) is 10.9. The highest BCUT2D eigenvalue weighted by Gasteiger charge is 2.12. The Kier molecular flexibility index (Phi) is 8.88. The molecule has 0 aliphatic rings. The van der Waals surface area contributed by atoms with Crippen molar-refractivity contribution in [3.05, 3.63) is 130 Å². The molecule has 0 spiro atoms. The molecule has 12 nitrogen and oxygen atoms in total. The van der Waals surface area contributed by atoms with Gasteiger partial charge in [0.05, 0.1) is 0 Å². The van der Waals surface area contributed by atoms with Gasteiger partial charge in [0.25, 0.3) is 0 Å². The number of hydrogen-bond donors (Lipinski definition) is 4. The molecule has 0 atom stereocenters. The minimum atomic E-state index is -0.00845. The maximum Gasteiger partial charge on any atom is 0.225 e. The van der Waals surface area contributed by atoms with Crippen molar-refractivity contribution in [3.63, 3.8) is 0 Å². The summed E-state index contributed by atoms with van der Waals surface area (Å²) in [7, 11) is 0. The predicted octanol–water partition coefficient (Wildman–Crippen LogP) is 4.74. The molecule has 12 heteroatoms. The Bertz CT molecular complexity index is 1930. The van der Waals surface area contributed by atoms with E-state index in [1.807, 2.05) is 60.7 Å². The second-order valence-corrected chi connectivity index (χ2v) is 10.9. The SMILES string of the molecule is Nc1nc(N)nc(-c2ccc(C(=O)Cc3ccc(/C=C/c4ccc(CC(=O)c5ccc(-c6nc(N)nc(N)n6)cc5)cc4)cc3)cc2)n1. The van der Waals surface area contributed by atoms with Crippen molar-refractivity contribution in [3.8, 4) is 22.8 Å². The number of anilines is 4. The van der Waals surface area contributed by atoms with Gasteiger partial charge in [0.1, 0.15) is 0 Å². The number of nitrogens with two attached hydrogens (primary N) is 4. The van der Waals surface area contributed by atoms with Gasteiger partial charge >= 0.3 is 0 Å². The van der Waals surface area contributed by atoms with E-state index in [1.54, 1.807) is 48.5 Å². The molecule has 6 rings (SSSR count). The first-order valence-electron chi connectivity index (χ1n) is 14.9. The van der Waals surface area contributed by atoms with E-state index in [1.165, 1.54) is 0 Å². The van der Waals surface area contributed by atoms with E-state index in [0.29, 0.717) is 33.9 Å². The van der Waals surface area contributed by atoms with Crippen LogP contribution >= 0.6 is 0 Å². The van der Waals surface area contributed by atoms with Crippen LogP contribution in [0.3, 0.4) is 0 Å². The number of ketones is 2. The van der Waals surface area contributed by atoms with Crippen molar-refractivity contribution in [2.24, 2.45) is 0 Å². The second kappa shape index (κ2) is 13.7. The standard InChI is InChI=1S/C36H30N10O2/c37-33-41-31(42-34(38)45-33)27-15-11-25(12-16-27)29(47)19-23-7-3-21(4-8-23)1-2-22-5-9-24(10-6-22)20-30(48)26-13-17-28(18-14-26)32-43-35(39)46-36(40)44-32/h1-18H,19-20H2,(H4,37,38,41,42,45)(H4,39,40,43,44,46)/b2-1+. The lowest BCUT2D eigenvalue weighted by atomic mass is 10.00. The van der Waals surface area contributed by atoms with Gasteiger partial charge in [-0.2, -0.15) is 29.9 Å². The summed E-state index contributed by atoms with van der Waals surface area (Å²) in [6, 6.07) is 29.6. The highest BCUT2D eigenvalue weighted by atomic mass is 16.1. The molecule has 0 bridgehead atoms. The quantitative estimate of drug-likeness (QED) is 0.119. The molecule has 0 fully saturated rings. The summed E-state index contributed by atoms with van der Waals surface area (Å²) in [6.45, 7) is 0. The Hall–Kier alpha value is -6.82. The summed E-state index contributed by atoms with van der Waals surface area (Å²) in [5.41, 5.74) is 29.0. The number of benzene rings is 4. The van der Waals surface area contributed by atoms with Gasteiger partial charge in [-0.1, -0.05) is 109 Å². The molecule has 6 aromatic rings. The van der Waals surface area contributed by atoms with Gasteiger partial charge < -0.3 is 22.9 Å². The summed E-state index contributed by atoms with van der Waals surface area (Å²) >= 11 is 0. The number of aromatic nitrogens is 6. The molecule has 0 saturated heterocycles. The predicted molar refractivity (Wildman–Crippen MR) is 186 cm³/mol. The first-order chi connectivity index (χ1) is 23.2. The maximum absolute atomic E-state index is 12.9. The van der Waals surface area contributed by atoms with E-state index in [-0.39, 0.29) is 48.2 Å². The molecule has 2 heterocycles. The number of carbonyl (C=O) groups excluding carboxylic acids is 2. The van der Waals surface area contributed by atoms with E-state index in [4.69, 9.17) is 22.9 Å². The Morgan fingerprint density at radius 2 is 0.750 bits per heavy atom. The Balaban J connectivity index is 1.01. The average Bonchev–Trinajstić information content (AvgIpc) is 3.08. The molecule has 48 heavy (non-hydrogen) atoms. The zero-order valence-electron chi connectivity index (χ0n) is 25.6. The van der Waals surface area contributed by atoms with Crippen LogP contribution in [0.15, 0.2) is 97.1 Å². The third-order valence-corrected chi connectivity index (χ3v) is 7.43. The summed E-state index contributed by atoms with van der Waals surface area (Å²) in [5.74, 6) is 0.833. The molecule has 0 aliphatic carbocycles. The number of rotatable bonds is 10. The lowest BCUT2D eigenvalue weighted by Gasteiger charge is -2.06. The van der Waals surface area contributed by atoms with Crippen LogP contribution in [0.1, 0.15) is 43.0 Å². The minimum absolute atomic E-state index is 0.00845. The number of nitrogen functional groups attached to an aromatic ring is 4. The van der Waals surface area contributed by atoms with Crippen LogP contribution < -0.4 is 22.9 Å². The third kappa shape index (κ3) is 7.69. The molecule has 8 N–H and O–H groups in total. The molecule has 0 unspecified atom stereocenters. The summed E-state index contributed by atoms with van der Waals surface area (Å²) in [4.78, 5) is 49.7. The van der Waals surface area contributed by atoms with E-state index < -0.39 is 0 Å². The number of carbonyl (C=O) groups is 2. The van der Waals surface area contributed by atoms with E-state index in [9.17, 15) is 9.59 Å². The number of Topliss-reactive ketones (excluding diaryl/α,β-unsaturated/α-hetero) is 2. The average molecular weight is 635 g/mol. The van der Waals surface area contributed by atoms with Crippen molar-refractivity contribution in [1.82, 2.24) is 29.9 Å². The molecule has 0 radical (unpaired) electrons. The summed E-state index contributed by atoms with van der Waals surface area (Å²) in [5, 5.41) is 0. The van der Waals surface area contributed by atoms with Gasteiger partial charge in [-0.25, -0.2) is 0 Å². The zero-order valence-corrected chi connectivity index (χ0v) is 25.6. The molecule has 2 aromatic heterocycles. The van der Waals surface area contributed by atoms with Crippen LogP contribution in [-0.4, -0.2) is 41.5 Å². The summed E-state index contributed by atoms with van der Waals surface area (Å²) < 4.78 is 0. The zero-order chi connectivity index (χ0) is 33.6. The van der Waals surface area contributed by atoms with E-state index in [2.05, 4.69) is 29.9 Å². The van der Waals surface area contributed by atoms with Crippen molar-refractivity contribution in [1.29, 1.82) is 0 Å². The fourth-order valence-corrected chi connectivity index (χ4v) is 4.95. The monoisotopic (exact) mass is 634 g/mol. The van der Waals surface area contributed by atoms with Crippen LogP contribution in [-0.2, 0) is 12.8 Å². The van der Waals surface area contributed by atoms with Crippen molar-refractivity contribution in [2.75, 3.05) is 22.9 Å². The van der Waals surface area contributed by atoms with Crippen molar-refractivity contribution < 1.29 is 9.59 Å². The molecule has 0 aliphatic heterocycles. The topological polar surface area (TPSA) is 216 Å². The van der Waals surface area contributed by atoms with Crippen molar-refractivity contribution >= 4 is 47.5 Å². The highest BCUT2D eigenvalue weighted by Crippen LogP contribution is 2.20. The normalized spacial score (nSPS) is 11.1. The van der Waals surface area contributed by atoms with Gasteiger partial charge in [0.15, 0.2) is 23.2 Å². The number of hydrogen-bond acceptors (Lipinski definition) is 12. The van der Waals surface area contributed by atoms with Gasteiger partial charge in [0, 0.05) is 35.1 Å². The van der Waals surface area contributed by atoms with E-state index in [0.717, 1.165) is 22.3 Å². The summed E-state index contributed by atoms with van der Waals surface area (Å²) in [6.07, 6.45) is 4.53. The minimum Gasteiger partial charge on any atom is -0.368 e. The lowest BCUT2D eigenvalue weighted by Crippen LogP contribution is -2.05. The van der Waals surface area contributed by atoms with E-state index >= 15 is 0 Å². The van der Waals surface area contributed by atoms with Gasteiger partial charge in [-0.05, 0) is 22.3 Å². The maximum atomic E-state index is 12.9. The van der Waals surface area contributed by atoms with Crippen LogP contribution in [0.5, 0.6) is 0 Å². The largest absolute Gasteiger partial charge is 0.368 e. The van der Waals surface area contributed by atoms with Crippen molar-refractivity contribution in [2.45, 2.75) is 12.8 Å². The van der Waals surface area contributed by atoms with Gasteiger partial charge in [-0.3, -0.25) is 9.59 Å². The highest BCUT2D eigenvalue weighted by molar-refractivity contribution is 5.98. The van der Waals surface area contributed by atoms with Gasteiger partial charge in [-0.15, -0.1) is 0 Å². The third-order valence-electron chi connectivity index (χ3n) is 7.43. The van der Waals surface area contributed by atoms with Crippen LogP contribution in [0.4, 0.5) is 23.8 Å². The molecule has 4 aromatic carbocycles. The molecule has 0 amide bonds. The first kappa shape index (κ1) is 31.2. The van der Waals surface area contributed by atoms with Crippen LogP contribution in [0.25, 0.3) is 34.9 Å². The van der Waals surface area contributed by atoms with Crippen LogP contribution in [0.2, 0.25) is 0 Å². The molecular formula is C36H30N10O2. The van der Waals surface area contributed by atoms with Crippen LogP contribution in [0, 0.1) is 0 Å². The molecule has 236 valence electrons. The Labute approximate surface area is 275 Å². The fraction of sp³-hybridized carbons (Fsp3) is 0.0556. The molecule has 0 saturated carbocycles.